The van der Waals surface area contributed by atoms with E-state index < -0.39 is 17.5 Å². The number of carboxylic acids is 1. The van der Waals surface area contributed by atoms with Gasteiger partial charge in [0.05, 0.1) is 5.02 Å². The van der Waals surface area contributed by atoms with Crippen molar-refractivity contribution in [2.75, 3.05) is 0 Å². The van der Waals surface area contributed by atoms with Crippen molar-refractivity contribution in [3.8, 4) is 11.5 Å². The maximum absolute atomic E-state index is 11.2. The number of hydrogen-bond donors (Lipinski definition) is 3. The Morgan fingerprint density at radius 3 is 2.00 bits per heavy atom. The molecule has 0 aromatic heterocycles. The van der Waals surface area contributed by atoms with Crippen LogP contribution in [0.25, 0.3) is 0 Å². The summed E-state index contributed by atoms with van der Waals surface area (Å²) in [5.74, 6) is -2.44. The molecule has 18 heavy (non-hydrogen) atoms. The molecule has 0 bridgehead atoms. The lowest BCUT2D eigenvalue weighted by Crippen LogP contribution is -2.08. The third kappa shape index (κ3) is 2.53. The zero-order chi connectivity index (χ0) is 13.9. The van der Waals surface area contributed by atoms with Crippen LogP contribution in [-0.4, -0.2) is 21.3 Å². The normalized spacial score (nSPS) is 10.6. The minimum atomic E-state index is -1.25. The number of aromatic hydroxyl groups is 2. The Balaban J connectivity index is 3.62. The zero-order valence-corrected chi connectivity index (χ0v) is 11.2. The first-order valence-electron chi connectivity index (χ1n) is 5.94. The third-order valence-electron chi connectivity index (χ3n) is 2.81. The highest BCUT2D eigenvalue weighted by Gasteiger charge is 2.25. The van der Waals surface area contributed by atoms with Crippen molar-refractivity contribution in [2.45, 2.75) is 39.5 Å². The molecule has 0 spiro atoms. The van der Waals surface area contributed by atoms with Crippen molar-refractivity contribution in [2.24, 2.45) is 0 Å². The van der Waals surface area contributed by atoms with Gasteiger partial charge in [0.2, 0.25) is 0 Å². The second-order valence-corrected chi connectivity index (χ2v) is 4.53. The first-order valence-corrected chi connectivity index (χ1v) is 6.31. The van der Waals surface area contributed by atoms with Crippen LogP contribution in [0.15, 0.2) is 0 Å². The van der Waals surface area contributed by atoms with E-state index in [0.717, 1.165) is 12.8 Å². The van der Waals surface area contributed by atoms with Crippen molar-refractivity contribution >= 4 is 17.6 Å². The van der Waals surface area contributed by atoms with E-state index in [0.29, 0.717) is 24.0 Å². The molecule has 1 rings (SSSR count). The molecule has 0 aliphatic rings. The number of phenolic OH excluding ortho intramolecular Hbond substituents is 1. The van der Waals surface area contributed by atoms with Crippen molar-refractivity contribution in [3.63, 3.8) is 0 Å². The summed E-state index contributed by atoms with van der Waals surface area (Å²) < 4.78 is 0. The van der Waals surface area contributed by atoms with Gasteiger partial charge in [0.1, 0.15) is 5.56 Å². The van der Waals surface area contributed by atoms with Gasteiger partial charge in [-0.25, -0.2) is 4.79 Å². The highest BCUT2D eigenvalue weighted by molar-refractivity contribution is 6.33. The summed E-state index contributed by atoms with van der Waals surface area (Å²) in [4.78, 5) is 11.2. The Bertz CT molecular complexity index is 469. The number of carbonyl (C=O) groups is 1. The summed E-state index contributed by atoms with van der Waals surface area (Å²) in [7, 11) is 0. The van der Waals surface area contributed by atoms with E-state index in [-0.39, 0.29) is 10.6 Å². The highest BCUT2D eigenvalue weighted by Crippen LogP contribution is 2.42. The molecule has 0 unspecified atom stereocenters. The van der Waals surface area contributed by atoms with Crippen LogP contribution in [0, 0.1) is 0 Å². The molecular formula is C13H17ClO4. The standard InChI is InChI=1S/C13H17ClO4/c1-3-5-7-8(6-4-2)10(14)12(16)11(15)9(7)13(17)18/h15-16H,3-6H2,1-2H3,(H,17,18). The van der Waals surface area contributed by atoms with E-state index in [2.05, 4.69) is 0 Å². The van der Waals surface area contributed by atoms with Gasteiger partial charge in [0, 0.05) is 0 Å². The minimum Gasteiger partial charge on any atom is -0.504 e. The minimum absolute atomic E-state index is 0.0581. The predicted octanol–water partition coefficient (Wildman–Crippen LogP) is 3.35. The van der Waals surface area contributed by atoms with Crippen LogP contribution in [0.1, 0.15) is 48.2 Å². The van der Waals surface area contributed by atoms with Crippen LogP contribution in [-0.2, 0) is 12.8 Å². The first kappa shape index (κ1) is 14.6. The lowest BCUT2D eigenvalue weighted by molar-refractivity contribution is 0.0691. The van der Waals surface area contributed by atoms with E-state index in [1.54, 1.807) is 0 Å². The molecule has 100 valence electrons. The largest absolute Gasteiger partial charge is 0.504 e. The average molecular weight is 273 g/mol. The number of aromatic carboxylic acids is 1. The zero-order valence-electron chi connectivity index (χ0n) is 10.5. The van der Waals surface area contributed by atoms with Crippen LogP contribution in [0.5, 0.6) is 11.5 Å². The van der Waals surface area contributed by atoms with Gasteiger partial charge in [-0.05, 0) is 24.0 Å². The van der Waals surface area contributed by atoms with E-state index in [9.17, 15) is 15.0 Å². The summed E-state index contributed by atoms with van der Waals surface area (Å²) in [5.41, 5.74) is 0.906. The molecule has 1 aromatic carbocycles. The summed E-state index contributed by atoms with van der Waals surface area (Å²) in [6, 6.07) is 0. The Morgan fingerprint density at radius 2 is 1.56 bits per heavy atom. The first-order chi connectivity index (χ1) is 8.45. The number of phenols is 2. The van der Waals surface area contributed by atoms with E-state index in [1.807, 2.05) is 13.8 Å². The molecule has 0 fully saturated rings. The summed E-state index contributed by atoms with van der Waals surface area (Å²) in [6.07, 6.45) is 2.59. The average Bonchev–Trinajstić information content (AvgIpc) is 2.31. The van der Waals surface area contributed by atoms with Crippen molar-refractivity contribution in [1.29, 1.82) is 0 Å². The van der Waals surface area contributed by atoms with Gasteiger partial charge in [0.25, 0.3) is 0 Å². The quantitative estimate of drug-likeness (QED) is 0.718. The smallest absolute Gasteiger partial charge is 0.339 e. The topological polar surface area (TPSA) is 77.8 Å². The molecule has 0 amide bonds. The Morgan fingerprint density at radius 1 is 1.06 bits per heavy atom. The SMILES string of the molecule is CCCc1c(Cl)c(O)c(O)c(C(=O)O)c1CCC. The predicted molar refractivity (Wildman–Crippen MR) is 69.7 cm³/mol. The van der Waals surface area contributed by atoms with Crippen LogP contribution in [0.4, 0.5) is 0 Å². The Kier molecular flexibility index (Phi) is 4.84. The fourth-order valence-electron chi connectivity index (χ4n) is 2.06. The molecule has 0 saturated carbocycles. The maximum Gasteiger partial charge on any atom is 0.339 e. The van der Waals surface area contributed by atoms with Gasteiger partial charge in [-0.3, -0.25) is 0 Å². The molecule has 3 N–H and O–H groups in total. The number of halogens is 1. The molecule has 0 aliphatic heterocycles. The fourth-order valence-corrected chi connectivity index (χ4v) is 2.36. The number of hydrogen-bond acceptors (Lipinski definition) is 3. The van der Waals surface area contributed by atoms with Gasteiger partial charge < -0.3 is 15.3 Å². The summed E-state index contributed by atoms with van der Waals surface area (Å²) >= 11 is 5.99. The van der Waals surface area contributed by atoms with Crippen molar-refractivity contribution < 1.29 is 20.1 Å². The molecular weight excluding hydrogens is 256 g/mol. The second-order valence-electron chi connectivity index (χ2n) is 4.15. The molecule has 0 aliphatic carbocycles. The van der Waals surface area contributed by atoms with E-state index in [1.165, 1.54) is 0 Å². The number of rotatable bonds is 5. The fraction of sp³-hybridized carbons (Fsp3) is 0.462. The molecule has 0 radical (unpaired) electrons. The third-order valence-corrected chi connectivity index (χ3v) is 3.22. The lowest BCUT2D eigenvalue weighted by atomic mass is 9.93. The van der Waals surface area contributed by atoms with E-state index in [4.69, 9.17) is 16.7 Å². The molecule has 4 nitrogen and oxygen atoms in total. The number of carboxylic acid groups (broad SMARTS) is 1. The molecule has 0 saturated heterocycles. The maximum atomic E-state index is 11.2. The van der Waals surface area contributed by atoms with Gasteiger partial charge in [-0.2, -0.15) is 0 Å². The van der Waals surface area contributed by atoms with Crippen LogP contribution in [0.2, 0.25) is 5.02 Å². The second kappa shape index (κ2) is 5.96. The van der Waals surface area contributed by atoms with Crippen molar-refractivity contribution in [1.82, 2.24) is 0 Å². The highest BCUT2D eigenvalue weighted by atomic mass is 35.5. The summed E-state index contributed by atoms with van der Waals surface area (Å²) in [5, 5.41) is 28.6. The van der Waals surface area contributed by atoms with Crippen LogP contribution >= 0.6 is 11.6 Å². The molecule has 0 atom stereocenters. The Hall–Kier alpha value is -1.42. The van der Waals surface area contributed by atoms with Crippen LogP contribution < -0.4 is 0 Å². The van der Waals surface area contributed by atoms with Gasteiger partial charge >= 0.3 is 5.97 Å². The summed E-state index contributed by atoms with van der Waals surface area (Å²) in [6.45, 7) is 3.86. The van der Waals surface area contributed by atoms with Gasteiger partial charge in [-0.15, -0.1) is 0 Å². The van der Waals surface area contributed by atoms with Gasteiger partial charge in [-0.1, -0.05) is 38.3 Å². The molecule has 0 heterocycles. The van der Waals surface area contributed by atoms with Crippen molar-refractivity contribution in [3.05, 3.63) is 21.7 Å². The lowest BCUT2D eigenvalue weighted by Gasteiger charge is -2.16. The van der Waals surface area contributed by atoms with Gasteiger partial charge in [0.15, 0.2) is 11.5 Å². The van der Waals surface area contributed by atoms with E-state index >= 15 is 0 Å². The monoisotopic (exact) mass is 272 g/mol. The molecule has 1 aromatic rings. The number of benzene rings is 1. The van der Waals surface area contributed by atoms with Crippen LogP contribution in [0.3, 0.4) is 0 Å². The molecule has 5 heteroatoms. The Labute approximate surface area is 111 Å².